The van der Waals surface area contributed by atoms with E-state index < -0.39 is 11.9 Å². The maximum atomic E-state index is 11.3. The number of aliphatic carboxylic acids is 1. The third kappa shape index (κ3) is 2.49. The summed E-state index contributed by atoms with van der Waals surface area (Å²) in [6.07, 6.45) is 7.61. The molecule has 0 saturated carbocycles. The predicted molar refractivity (Wildman–Crippen MR) is 50.4 cm³/mol. The Bertz CT molecular complexity index is 280. The van der Waals surface area contributed by atoms with Gasteiger partial charge in [-0.2, -0.15) is 0 Å². The van der Waals surface area contributed by atoms with E-state index in [-0.39, 0.29) is 12.5 Å². The van der Waals surface area contributed by atoms with Crippen LogP contribution in [0.25, 0.3) is 0 Å². The number of carbonyl (C=O) groups is 2. The molecule has 0 spiro atoms. The molecule has 0 aromatic rings. The number of amides is 1. The molecule has 14 heavy (non-hydrogen) atoms. The van der Waals surface area contributed by atoms with Crippen molar-refractivity contribution in [3.63, 3.8) is 0 Å². The number of hydrogen-bond acceptors (Lipinski definition) is 2. The highest BCUT2D eigenvalue weighted by Crippen LogP contribution is 2.19. The average molecular weight is 195 g/mol. The summed E-state index contributed by atoms with van der Waals surface area (Å²) in [5.41, 5.74) is 0. The quantitative estimate of drug-likeness (QED) is 0.652. The fourth-order valence-corrected chi connectivity index (χ4v) is 1.76. The first-order valence-electron chi connectivity index (χ1n) is 4.64. The Morgan fingerprint density at radius 2 is 2.21 bits per heavy atom. The molecular weight excluding hydrogens is 182 g/mol. The SMILES string of the molecule is C#CC(=O)N1CCCCC1CC(=O)O. The summed E-state index contributed by atoms with van der Waals surface area (Å²) >= 11 is 0. The molecule has 1 fully saturated rings. The van der Waals surface area contributed by atoms with E-state index in [9.17, 15) is 9.59 Å². The summed E-state index contributed by atoms with van der Waals surface area (Å²) in [6.45, 7) is 0.584. The lowest BCUT2D eigenvalue weighted by Crippen LogP contribution is -2.44. The van der Waals surface area contributed by atoms with Gasteiger partial charge in [0.2, 0.25) is 0 Å². The first-order chi connectivity index (χ1) is 6.65. The van der Waals surface area contributed by atoms with Gasteiger partial charge < -0.3 is 10.0 Å². The maximum Gasteiger partial charge on any atom is 0.305 e. The second-order valence-corrected chi connectivity index (χ2v) is 3.39. The van der Waals surface area contributed by atoms with Crippen LogP contribution in [0.3, 0.4) is 0 Å². The van der Waals surface area contributed by atoms with E-state index in [2.05, 4.69) is 0 Å². The summed E-state index contributed by atoms with van der Waals surface area (Å²) in [4.78, 5) is 23.3. The number of hydrogen-bond donors (Lipinski definition) is 1. The first-order valence-corrected chi connectivity index (χ1v) is 4.64. The van der Waals surface area contributed by atoms with E-state index >= 15 is 0 Å². The van der Waals surface area contributed by atoms with Gasteiger partial charge >= 0.3 is 5.97 Å². The Labute approximate surface area is 82.9 Å². The Hall–Kier alpha value is -1.50. The van der Waals surface area contributed by atoms with E-state index in [1.54, 1.807) is 0 Å². The van der Waals surface area contributed by atoms with Crippen molar-refractivity contribution in [3.8, 4) is 12.3 Å². The van der Waals surface area contributed by atoms with Crippen LogP contribution in [0, 0.1) is 12.3 Å². The number of likely N-dealkylation sites (tertiary alicyclic amines) is 1. The number of carboxylic acid groups (broad SMARTS) is 1. The molecule has 1 rings (SSSR count). The number of piperidine rings is 1. The molecule has 1 heterocycles. The highest BCUT2D eigenvalue weighted by molar-refractivity contribution is 5.93. The van der Waals surface area contributed by atoms with E-state index in [0.717, 1.165) is 19.3 Å². The van der Waals surface area contributed by atoms with Gasteiger partial charge in [-0.05, 0) is 25.2 Å². The molecule has 4 nitrogen and oxygen atoms in total. The zero-order chi connectivity index (χ0) is 10.6. The lowest BCUT2D eigenvalue weighted by atomic mass is 9.99. The van der Waals surface area contributed by atoms with Crippen molar-refractivity contribution in [2.75, 3.05) is 6.54 Å². The summed E-state index contributed by atoms with van der Waals surface area (Å²) in [5, 5.41) is 8.65. The van der Waals surface area contributed by atoms with Gasteiger partial charge in [-0.25, -0.2) is 0 Å². The van der Waals surface area contributed by atoms with Crippen molar-refractivity contribution in [2.24, 2.45) is 0 Å². The highest BCUT2D eigenvalue weighted by Gasteiger charge is 2.27. The van der Waals surface area contributed by atoms with Crippen LogP contribution in [0.4, 0.5) is 0 Å². The van der Waals surface area contributed by atoms with Gasteiger partial charge in [0.05, 0.1) is 6.42 Å². The third-order valence-corrected chi connectivity index (χ3v) is 2.42. The second kappa shape index (κ2) is 4.66. The van der Waals surface area contributed by atoms with Gasteiger partial charge in [0.1, 0.15) is 0 Å². The van der Waals surface area contributed by atoms with E-state index in [1.807, 2.05) is 5.92 Å². The zero-order valence-electron chi connectivity index (χ0n) is 7.90. The normalized spacial score (nSPS) is 21.4. The number of carboxylic acids is 1. The topological polar surface area (TPSA) is 57.6 Å². The monoisotopic (exact) mass is 195 g/mol. The van der Waals surface area contributed by atoms with Crippen molar-refractivity contribution in [3.05, 3.63) is 0 Å². The fraction of sp³-hybridized carbons (Fsp3) is 0.600. The van der Waals surface area contributed by atoms with Gasteiger partial charge in [0, 0.05) is 12.6 Å². The summed E-state index contributed by atoms with van der Waals surface area (Å²) in [6, 6.07) is -0.218. The van der Waals surface area contributed by atoms with Crippen LogP contribution in [0.2, 0.25) is 0 Å². The predicted octanol–water partition coefficient (Wildman–Crippen LogP) is 0.475. The van der Waals surface area contributed by atoms with Crippen LogP contribution in [0.1, 0.15) is 25.7 Å². The van der Waals surface area contributed by atoms with E-state index in [4.69, 9.17) is 11.5 Å². The third-order valence-electron chi connectivity index (χ3n) is 2.42. The molecule has 1 atom stereocenters. The first kappa shape index (κ1) is 10.6. The minimum absolute atomic E-state index is 0.00653. The molecular formula is C10H13NO3. The average Bonchev–Trinajstić information content (AvgIpc) is 2.16. The van der Waals surface area contributed by atoms with Crippen LogP contribution in [-0.2, 0) is 9.59 Å². The van der Waals surface area contributed by atoms with Crippen molar-refractivity contribution in [2.45, 2.75) is 31.7 Å². The minimum atomic E-state index is -0.883. The van der Waals surface area contributed by atoms with Gasteiger partial charge in [-0.15, -0.1) is 6.42 Å². The number of rotatable bonds is 2. The van der Waals surface area contributed by atoms with Crippen LogP contribution in [-0.4, -0.2) is 34.5 Å². The number of terminal acetylenes is 1. The minimum Gasteiger partial charge on any atom is -0.481 e. The summed E-state index contributed by atoms with van der Waals surface area (Å²) in [5.74, 6) is 0.757. The molecule has 0 bridgehead atoms. The molecule has 4 heteroatoms. The van der Waals surface area contributed by atoms with Crippen LogP contribution in [0.15, 0.2) is 0 Å². The lowest BCUT2D eigenvalue weighted by Gasteiger charge is -2.33. The summed E-state index contributed by atoms with van der Waals surface area (Å²) in [7, 11) is 0. The molecule has 0 aromatic heterocycles. The van der Waals surface area contributed by atoms with Gasteiger partial charge in [-0.1, -0.05) is 0 Å². The van der Waals surface area contributed by atoms with Gasteiger partial charge in [0.15, 0.2) is 0 Å². The van der Waals surface area contributed by atoms with Crippen molar-refractivity contribution >= 4 is 11.9 Å². The van der Waals surface area contributed by atoms with Crippen molar-refractivity contribution < 1.29 is 14.7 Å². The lowest BCUT2D eigenvalue weighted by molar-refractivity contribution is -0.140. The standard InChI is InChI=1S/C10H13NO3/c1-2-9(12)11-6-4-3-5-8(11)7-10(13)14/h1,8H,3-7H2,(H,13,14). The number of carbonyl (C=O) groups excluding carboxylic acids is 1. The molecule has 1 saturated heterocycles. The second-order valence-electron chi connectivity index (χ2n) is 3.39. The molecule has 1 N–H and O–H groups in total. The van der Waals surface area contributed by atoms with E-state index in [0.29, 0.717) is 6.54 Å². The molecule has 1 unspecified atom stereocenters. The number of nitrogens with zero attached hydrogens (tertiary/aromatic N) is 1. The molecule has 1 aliphatic heterocycles. The van der Waals surface area contributed by atoms with Crippen molar-refractivity contribution in [1.82, 2.24) is 4.90 Å². The Morgan fingerprint density at radius 1 is 1.50 bits per heavy atom. The molecule has 0 radical (unpaired) electrons. The molecule has 76 valence electrons. The molecule has 0 aliphatic carbocycles. The van der Waals surface area contributed by atoms with Gasteiger partial charge in [-0.3, -0.25) is 9.59 Å². The highest BCUT2D eigenvalue weighted by atomic mass is 16.4. The van der Waals surface area contributed by atoms with Crippen molar-refractivity contribution in [1.29, 1.82) is 0 Å². The summed E-state index contributed by atoms with van der Waals surface area (Å²) < 4.78 is 0. The Morgan fingerprint density at radius 3 is 2.79 bits per heavy atom. The van der Waals surface area contributed by atoms with E-state index in [1.165, 1.54) is 4.90 Å². The zero-order valence-corrected chi connectivity index (χ0v) is 7.90. The maximum absolute atomic E-state index is 11.3. The van der Waals surface area contributed by atoms with Crippen LogP contribution >= 0.6 is 0 Å². The Kier molecular flexibility index (Phi) is 3.52. The Balaban J connectivity index is 2.64. The van der Waals surface area contributed by atoms with Crippen LogP contribution < -0.4 is 0 Å². The molecule has 1 aliphatic rings. The molecule has 1 amide bonds. The van der Waals surface area contributed by atoms with Crippen LogP contribution in [0.5, 0.6) is 0 Å². The molecule has 0 aromatic carbocycles. The largest absolute Gasteiger partial charge is 0.481 e. The smallest absolute Gasteiger partial charge is 0.305 e. The fourth-order valence-electron chi connectivity index (χ4n) is 1.76. The van der Waals surface area contributed by atoms with Gasteiger partial charge in [0.25, 0.3) is 5.91 Å².